The van der Waals surface area contributed by atoms with Crippen LogP contribution in [0, 0.1) is 0 Å². The largest absolute Gasteiger partial charge is 0.348 e. The first-order valence-electron chi connectivity index (χ1n) is 8.66. The fourth-order valence-corrected chi connectivity index (χ4v) is 3.54. The smallest absolute Gasteiger partial charge is 0.261 e. The number of fused-ring (bicyclic) bond motifs is 2. The van der Waals surface area contributed by atoms with Gasteiger partial charge in [0, 0.05) is 6.54 Å². The minimum atomic E-state index is -0.265. The van der Waals surface area contributed by atoms with Crippen molar-refractivity contribution >= 4 is 16.9 Å². The summed E-state index contributed by atoms with van der Waals surface area (Å²) in [6, 6.07) is 6.19. The normalized spacial score (nSPS) is 16.4. The lowest BCUT2D eigenvalue weighted by molar-refractivity contribution is -0.122. The van der Waals surface area contributed by atoms with Crippen molar-refractivity contribution in [1.82, 2.24) is 25.1 Å². The quantitative estimate of drug-likeness (QED) is 0.641. The van der Waals surface area contributed by atoms with E-state index in [9.17, 15) is 9.59 Å². The van der Waals surface area contributed by atoms with Gasteiger partial charge in [0.05, 0.1) is 18.6 Å². The van der Waals surface area contributed by atoms with Crippen molar-refractivity contribution < 1.29 is 4.79 Å². The van der Waals surface area contributed by atoms with E-state index in [1.807, 2.05) is 6.07 Å². The molecular weight excluding hydrogens is 332 g/mol. The zero-order chi connectivity index (χ0) is 18.1. The molecule has 1 aromatic carbocycles. The van der Waals surface area contributed by atoms with Gasteiger partial charge in [0.15, 0.2) is 5.65 Å². The summed E-state index contributed by atoms with van der Waals surface area (Å²) >= 11 is 0. The molecule has 8 nitrogen and oxygen atoms in total. The summed E-state index contributed by atoms with van der Waals surface area (Å²) in [7, 11) is 0. The second kappa shape index (κ2) is 6.72. The van der Waals surface area contributed by atoms with E-state index in [2.05, 4.69) is 32.5 Å². The highest BCUT2D eigenvalue weighted by Crippen LogP contribution is 2.30. The van der Waals surface area contributed by atoms with Crippen LogP contribution in [0.25, 0.3) is 11.0 Å². The highest BCUT2D eigenvalue weighted by atomic mass is 16.2. The van der Waals surface area contributed by atoms with Crippen molar-refractivity contribution in [3.63, 3.8) is 0 Å². The summed E-state index contributed by atoms with van der Waals surface area (Å²) in [5.41, 5.74) is 9.37. The van der Waals surface area contributed by atoms with Crippen LogP contribution in [0.2, 0.25) is 0 Å². The number of hydrogen-bond acceptors (Lipinski definition) is 5. The molecule has 134 valence electrons. The van der Waals surface area contributed by atoms with Gasteiger partial charge < -0.3 is 16.0 Å². The topological polar surface area (TPSA) is 119 Å². The summed E-state index contributed by atoms with van der Waals surface area (Å²) < 4.78 is 1.45. The standard InChI is InChI=1S/C18H20N6O2/c19-7-11-4-5-13-12(6-11)2-1-3-15(13)23-16(25)9-24-17-14(8-22-24)18(26)21-10-20-17/h4-6,8,10,15H,1-3,7,9,19H2,(H,23,25)(H,20,21,26). The van der Waals surface area contributed by atoms with Crippen LogP contribution in [0.3, 0.4) is 0 Å². The molecule has 1 atom stereocenters. The van der Waals surface area contributed by atoms with Crippen LogP contribution in [0.1, 0.15) is 35.6 Å². The number of nitrogens with zero attached hydrogens (tertiary/aromatic N) is 3. The van der Waals surface area contributed by atoms with Gasteiger partial charge in [0.2, 0.25) is 5.91 Å². The molecule has 0 fully saturated rings. The van der Waals surface area contributed by atoms with E-state index in [1.165, 1.54) is 22.8 Å². The number of amides is 1. The molecule has 4 N–H and O–H groups in total. The van der Waals surface area contributed by atoms with Gasteiger partial charge in [-0.05, 0) is 36.0 Å². The van der Waals surface area contributed by atoms with Crippen molar-refractivity contribution in [3.05, 3.63) is 57.8 Å². The van der Waals surface area contributed by atoms with Gasteiger partial charge in [-0.2, -0.15) is 5.10 Å². The van der Waals surface area contributed by atoms with Gasteiger partial charge in [-0.3, -0.25) is 9.59 Å². The van der Waals surface area contributed by atoms with E-state index in [0.29, 0.717) is 17.6 Å². The Hall–Kier alpha value is -3.00. The Morgan fingerprint density at radius 3 is 3.15 bits per heavy atom. The first-order valence-corrected chi connectivity index (χ1v) is 8.66. The number of aromatic amines is 1. The minimum Gasteiger partial charge on any atom is -0.348 e. The van der Waals surface area contributed by atoms with Crippen molar-refractivity contribution in [2.45, 2.75) is 38.4 Å². The predicted octanol–water partition coefficient (Wildman–Crippen LogP) is 0.772. The maximum absolute atomic E-state index is 12.5. The lowest BCUT2D eigenvalue weighted by Crippen LogP contribution is -2.33. The molecule has 0 radical (unpaired) electrons. The average Bonchev–Trinajstić information content (AvgIpc) is 3.05. The average molecular weight is 352 g/mol. The molecule has 1 aliphatic carbocycles. The number of rotatable bonds is 4. The van der Waals surface area contributed by atoms with Crippen molar-refractivity contribution in [3.8, 4) is 0 Å². The molecule has 1 unspecified atom stereocenters. The molecule has 0 saturated heterocycles. The molecule has 8 heteroatoms. The molecule has 3 aromatic rings. The number of aryl methyl sites for hydroxylation is 1. The van der Waals surface area contributed by atoms with E-state index in [-0.39, 0.29) is 24.1 Å². The highest BCUT2D eigenvalue weighted by Gasteiger charge is 2.22. The van der Waals surface area contributed by atoms with E-state index >= 15 is 0 Å². The number of hydrogen-bond donors (Lipinski definition) is 3. The molecule has 1 amide bonds. The molecule has 1 aliphatic rings. The van der Waals surface area contributed by atoms with Gasteiger partial charge in [-0.1, -0.05) is 18.2 Å². The zero-order valence-electron chi connectivity index (χ0n) is 14.2. The summed E-state index contributed by atoms with van der Waals surface area (Å²) in [5, 5.41) is 7.57. The summed E-state index contributed by atoms with van der Waals surface area (Å²) in [5.74, 6) is -0.155. The van der Waals surface area contributed by atoms with Gasteiger partial charge in [0.25, 0.3) is 5.56 Å². The maximum Gasteiger partial charge on any atom is 0.261 e. The lowest BCUT2D eigenvalue weighted by atomic mass is 9.86. The van der Waals surface area contributed by atoms with E-state index < -0.39 is 0 Å². The third-order valence-electron chi connectivity index (χ3n) is 4.82. The molecule has 26 heavy (non-hydrogen) atoms. The summed E-state index contributed by atoms with van der Waals surface area (Å²) in [4.78, 5) is 30.9. The van der Waals surface area contributed by atoms with Crippen molar-refractivity contribution in [2.75, 3.05) is 0 Å². The molecule has 0 spiro atoms. The number of aromatic nitrogens is 4. The maximum atomic E-state index is 12.5. The van der Waals surface area contributed by atoms with E-state index in [4.69, 9.17) is 5.73 Å². The molecule has 2 aromatic heterocycles. The summed E-state index contributed by atoms with van der Waals surface area (Å²) in [6.07, 6.45) is 5.67. The highest BCUT2D eigenvalue weighted by molar-refractivity contribution is 5.79. The second-order valence-electron chi connectivity index (χ2n) is 6.52. The number of carbonyl (C=O) groups is 1. The first-order chi connectivity index (χ1) is 12.7. The number of benzene rings is 1. The van der Waals surface area contributed by atoms with Gasteiger partial charge in [-0.15, -0.1) is 0 Å². The third kappa shape index (κ3) is 2.99. The fraction of sp³-hybridized carbons (Fsp3) is 0.333. The fourth-order valence-electron chi connectivity index (χ4n) is 3.54. The Balaban J connectivity index is 1.52. The van der Waals surface area contributed by atoms with Crippen LogP contribution in [0.15, 0.2) is 35.5 Å². The Morgan fingerprint density at radius 1 is 1.42 bits per heavy atom. The molecule has 0 aliphatic heterocycles. The number of carbonyl (C=O) groups excluding carboxylic acids is 1. The van der Waals surface area contributed by atoms with Gasteiger partial charge >= 0.3 is 0 Å². The van der Waals surface area contributed by atoms with Gasteiger partial charge in [0.1, 0.15) is 11.9 Å². The van der Waals surface area contributed by atoms with Crippen LogP contribution >= 0.6 is 0 Å². The van der Waals surface area contributed by atoms with Crippen LogP contribution < -0.4 is 16.6 Å². The van der Waals surface area contributed by atoms with Crippen LogP contribution in [-0.2, 0) is 24.3 Å². The van der Waals surface area contributed by atoms with Crippen LogP contribution in [0.4, 0.5) is 0 Å². The molecule has 4 rings (SSSR count). The molecular formula is C18H20N6O2. The first kappa shape index (κ1) is 16.5. The molecule has 0 bridgehead atoms. The predicted molar refractivity (Wildman–Crippen MR) is 96.3 cm³/mol. The minimum absolute atomic E-state index is 0.0173. The Morgan fingerprint density at radius 2 is 2.31 bits per heavy atom. The Labute approximate surface area is 149 Å². The van der Waals surface area contributed by atoms with Crippen molar-refractivity contribution in [1.29, 1.82) is 0 Å². The monoisotopic (exact) mass is 352 g/mol. The number of nitrogens with one attached hydrogen (secondary N) is 2. The lowest BCUT2D eigenvalue weighted by Gasteiger charge is -2.27. The van der Waals surface area contributed by atoms with Crippen LogP contribution in [0.5, 0.6) is 0 Å². The molecule has 2 heterocycles. The van der Waals surface area contributed by atoms with E-state index in [0.717, 1.165) is 30.4 Å². The van der Waals surface area contributed by atoms with Gasteiger partial charge in [-0.25, -0.2) is 9.67 Å². The molecule has 0 saturated carbocycles. The van der Waals surface area contributed by atoms with Crippen LogP contribution in [-0.4, -0.2) is 25.7 Å². The number of nitrogens with two attached hydrogens (primary N) is 1. The Kier molecular flexibility index (Phi) is 4.26. The number of H-pyrrole nitrogens is 1. The summed E-state index contributed by atoms with van der Waals surface area (Å²) in [6.45, 7) is 0.537. The second-order valence-corrected chi connectivity index (χ2v) is 6.52. The van der Waals surface area contributed by atoms with Crippen molar-refractivity contribution in [2.24, 2.45) is 5.73 Å². The SMILES string of the molecule is NCc1ccc2c(c1)CCCC2NC(=O)Cn1ncc2c(=O)[nH]cnc21. The van der Waals surface area contributed by atoms with E-state index in [1.54, 1.807) is 0 Å². The third-order valence-corrected chi connectivity index (χ3v) is 4.82. The Bertz CT molecular complexity index is 1020. The zero-order valence-corrected chi connectivity index (χ0v) is 14.2.